The zero-order valence-corrected chi connectivity index (χ0v) is 12.0. The number of rotatable bonds is 2. The van der Waals surface area contributed by atoms with Gasteiger partial charge in [-0.25, -0.2) is 8.42 Å². The van der Waals surface area contributed by atoms with Crippen molar-refractivity contribution in [1.29, 1.82) is 5.26 Å². The molecule has 2 atom stereocenters. The van der Waals surface area contributed by atoms with E-state index in [1.54, 1.807) is 22.5 Å². The van der Waals surface area contributed by atoms with E-state index in [-0.39, 0.29) is 17.0 Å². The summed E-state index contributed by atoms with van der Waals surface area (Å²) in [5, 5.41) is 8.88. The second-order valence-corrected chi connectivity index (χ2v) is 6.95. The van der Waals surface area contributed by atoms with Gasteiger partial charge < -0.3 is 0 Å². The second-order valence-electron chi connectivity index (χ2n) is 5.10. The van der Waals surface area contributed by atoms with Gasteiger partial charge in [-0.2, -0.15) is 9.57 Å². The third-order valence-corrected chi connectivity index (χ3v) is 5.78. The first-order valence-electron chi connectivity index (χ1n) is 6.50. The lowest BCUT2D eigenvalue weighted by Crippen LogP contribution is -2.47. The van der Waals surface area contributed by atoms with Crippen LogP contribution in [0.25, 0.3) is 0 Å². The molecule has 1 aromatic rings. The Hall–Kier alpha value is -1.38. The summed E-state index contributed by atoms with van der Waals surface area (Å²) < 4.78 is 27.0. The molecular weight excluding hydrogens is 260 g/mol. The van der Waals surface area contributed by atoms with Crippen LogP contribution in [-0.4, -0.2) is 24.8 Å². The lowest BCUT2D eigenvalue weighted by molar-refractivity contribution is 0.204. The van der Waals surface area contributed by atoms with Crippen LogP contribution < -0.4 is 0 Å². The van der Waals surface area contributed by atoms with E-state index in [0.29, 0.717) is 5.56 Å². The van der Waals surface area contributed by atoms with Gasteiger partial charge in [0.1, 0.15) is 0 Å². The maximum absolute atomic E-state index is 12.7. The zero-order valence-electron chi connectivity index (χ0n) is 11.2. The fourth-order valence-electron chi connectivity index (χ4n) is 2.72. The highest BCUT2D eigenvalue weighted by atomic mass is 32.2. The maximum Gasteiger partial charge on any atom is 0.243 e. The molecule has 0 N–H and O–H groups in total. The number of nitrogens with zero attached hydrogens (tertiary/aromatic N) is 2. The molecule has 2 rings (SSSR count). The molecule has 0 spiro atoms. The SMILES string of the molecule is C[C@@H]1CCC[C@H](C)N1S(=O)(=O)c1cccc(C#N)c1. The first-order valence-corrected chi connectivity index (χ1v) is 7.94. The molecule has 1 heterocycles. The summed E-state index contributed by atoms with van der Waals surface area (Å²) in [5.41, 5.74) is 0.374. The Balaban J connectivity index is 2.43. The normalized spacial score (nSPS) is 24.9. The molecule has 1 aliphatic heterocycles. The summed E-state index contributed by atoms with van der Waals surface area (Å²) in [6.07, 6.45) is 2.84. The van der Waals surface area contributed by atoms with Crippen LogP contribution in [0, 0.1) is 11.3 Å². The minimum absolute atomic E-state index is 0.0134. The molecule has 1 fully saturated rings. The van der Waals surface area contributed by atoms with Gasteiger partial charge in [0.15, 0.2) is 0 Å². The minimum atomic E-state index is -3.51. The van der Waals surface area contributed by atoms with Crippen molar-refractivity contribution in [2.75, 3.05) is 0 Å². The van der Waals surface area contributed by atoms with Gasteiger partial charge in [-0.3, -0.25) is 0 Å². The largest absolute Gasteiger partial charge is 0.243 e. The van der Waals surface area contributed by atoms with Crippen molar-refractivity contribution in [3.8, 4) is 6.07 Å². The van der Waals surface area contributed by atoms with Gasteiger partial charge in [0, 0.05) is 12.1 Å². The van der Waals surface area contributed by atoms with E-state index in [9.17, 15) is 8.42 Å². The molecule has 0 saturated carbocycles. The van der Waals surface area contributed by atoms with E-state index in [2.05, 4.69) is 0 Å². The fourth-order valence-corrected chi connectivity index (χ4v) is 4.65. The molecule has 0 amide bonds. The van der Waals surface area contributed by atoms with Crippen molar-refractivity contribution in [2.45, 2.75) is 50.1 Å². The first kappa shape index (κ1) is 14.0. The number of hydrogen-bond donors (Lipinski definition) is 0. The fraction of sp³-hybridized carbons (Fsp3) is 0.500. The molecule has 19 heavy (non-hydrogen) atoms. The number of piperidine rings is 1. The van der Waals surface area contributed by atoms with Crippen LogP contribution in [0.3, 0.4) is 0 Å². The lowest BCUT2D eigenvalue weighted by Gasteiger charge is -2.37. The zero-order chi connectivity index (χ0) is 14.0. The van der Waals surface area contributed by atoms with Crippen LogP contribution in [-0.2, 0) is 10.0 Å². The number of hydrogen-bond acceptors (Lipinski definition) is 3. The van der Waals surface area contributed by atoms with Crippen molar-refractivity contribution < 1.29 is 8.42 Å². The Bertz CT molecular complexity index is 594. The highest BCUT2D eigenvalue weighted by Gasteiger charge is 2.35. The van der Waals surface area contributed by atoms with Crippen LogP contribution in [0.15, 0.2) is 29.2 Å². The molecule has 5 heteroatoms. The van der Waals surface area contributed by atoms with Gasteiger partial charge in [0.25, 0.3) is 0 Å². The molecule has 1 saturated heterocycles. The first-order chi connectivity index (χ1) is 8.96. The predicted octanol–water partition coefficient (Wildman–Crippen LogP) is 2.51. The van der Waals surface area contributed by atoms with Crippen LogP contribution in [0.4, 0.5) is 0 Å². The molecule has 102 valence electrons. The van der Waals surface area contributed by atoms with Crippen LogP contribution in [0.2, 0.25) is 0 Å². The average molecular weight is 278 g/mol. The highest BCUT2D eigenvalue weighted by Crippen LogP contribution is 2.29. The quantitative estimate of drug-likeness (QED) is 0.835. The standard InChI is InChI=1S/C14H18N2O2S/c1-11-5-3-6-12(2)16(11)19(17,18)14-8-4-7-13(9-14)10-15/h4,7-9,11-12H,3,5-6H2,1-2H3/t11-,12+. The molecule has 0 bridgehead atoms. The van der Waals surface area contributed by atoms with Crippen LogP contribution in [0.5, 0.6) is 0 Å². The third-order valence-electron chi connectivity index (χ3n) is 3.65. The smallest absolute Gasteiger partial charge is 0.207 e. The molecule has 4 nitrogen and oxygen atoms in total. The molecule has 0 aliphatic carbocycles. The molecule has 0 aromatic heterocycles. The number of benzene rings is 1. The summed E-state index contributed by atoms with van der Waals surface area (Å²) in [4.78, 5) is 0.215. The maximum atomic E-state index is 12.7. The summed E-state index contributed by atoms with van der Waals surface area (Å²) in [6.45, 7) is 3.89. The van der Waals surface area contributed by atoms with Crippen LogP contribution >= 0.6 is 0 Å². The van der Waals surface area contributed by atoms with Crippen molar-refractivity contribution in [3.05, 3.63) is 29.8 Å². The number of nitriles is 1. The van der Waals surface area contributed by atoms with E-state index in [4.69, 9.17) is 5.26 Å². The second kappa shape index (κ2) is 5.32. The van der Waals surface area contributed by atoms with Gasteiger partial charge in [-0.15, -0.1) is 0 Å². The van der Waals surface area contributed by atoms with Gasteiger partial charge in [0.05, 0.1) is 16.5 Å². The molecule has 1 aliphatic rings. The van der Waals surface area contributed by atoms with Crippen molar-refractivity contribution in [1.82, 2.24) is 4.31 Å². The topological polar surface area (TPSA) is 61.2 Å². The molecule has 0 unspecified atom stereocenters. The van der Waals surface area contributed by atoms with Gasteiger partial charge in [0.2, 0.25) is 10.0 Å². The van der Waals surface area contributed by atoms with Gasteiger partial charge in [-0.05, 0) is 44.9 Å². The number of sulfonamides is 1. The summed E-state index contributed by atoms with van der Waals surface area (Å²) >= 11 is 0. The molecule has 0 radical (unpaired) electrons. The van der Waals surface area contributed by atoms with E-state index in [0.717, 1.165) is 19.3 Å². The Morgan fingerprint density at radius 3 is 2.47 bits per heavy atom. The van der Waals surface area contributed by atoms with Crippen molar-refractivity contribution in [2.24, 2.45) is 0 Å². The Kier molecular flexibility index (Phi) is 3.93. The monoisotopic (exact) mass is 278 g/mol. The van der Waals surface area contributed by atoms with E-state index in [1.807, 2.05) is 19.9 Å². The third kappa shape index (κ3) is 2.65. The molecule has 1 aromatic carbocycles. The summed E-state index contributed by atoms with van der Waals surface area (Å²) in [7, 11) is -3.51. The Morgan fingerprint density at radius 1 is 1.26 bits per heavy atom. The summed E-state index contributed by atoms with van der Waals surface area (Å²) in [5.74, 6) is 0. The highest BCUT2D eigenvalue weighted by molar-refractivity contribution is 7.89. The Morgan fingerprint density at radius 2 is 1.89 bits per heavy atom. The van der Waals surface area contributed by atoms with Crippen molar-refractivity contribution in [3.63, 3.8) is 0 Å². The minimum Gasteiger partial charge on any atom is -0.207 e. The average Bonchev–Trinajstić information content (AvgIpc) is 2.38. The van der Waals surface area contributed by atoms with Gasteiger partial charge >= 0.3 is 0 Å². The van der Waals surface area contributed by atoms with E-state index >= 15 is 0 Å². The lowest BCUT2D eigenvalue weighted by atomic mass is 10.0. The van der Waals surface area contributed by atoms with E-state index < -0.39 is 10.0 Å². The van der Waals surface area contributed by atoms with Crippen molar-refractivity contribution >= 4 is 10.0 Å². The molecular formula is C14H18N2O2S. The van der Waals surface area contributed by atoms with E-state index in [1.165, 1.54) is 6.07 Å². The van der Waals surface area contributed by atoms with Crippen LogP contribution in [0.1, 0.15) is 38.7 Å². The summed E-state index contributed by atoms with van der Waals surface area (Å²) in [6, 6.07) is 8.25. The Labute approximate surface area is 114 Å². The predicted molar refractivity (Wildman–Crippen MR) is 73.0 cm³/mol. The van der Waals surface area contributed by atoms with Gasteiger partial charge in [-0.1, -0.05) is 12.5 Å².